The molecular formula is C16H26N2O. The highest BCUT2D eigenvalue weighted by molar-refractivity contribution is 5.28. The molecule has 1 aliphatic rings. The molecule has 1 fully saturated rings. The van der Waals surface area contributed by atoms with Crippen LogP contribution in [0.1, 0.15) is 31.7 Å². The number of nitrogens with zero attached hydrogens (tertiary/aromatic N) is 1. The summed E-state index contributed by atoms with van der Waals surface area (Å²) in [6.45, 7) is 5.07. The Balaban J connectivity index is 1.79. The van der Waals surface area contributed by atoms with Crippen molar-refractivity contribution >= 4 is 0 Å². The highest BCUT2D eigenvalue weighted by atomic mass is 16.5. The Labute approximate surface area is 116 Å². The van der Waals surface area contributed by atoms with E-state index in [0.717, 1.165) is 44.5 Å². The predicted octanol–water partition coefficient (Wildman–Crippen LogP) is 2.44. The van der Waals surface area contributed by atoms with Crippen molar-refractivity contribution in [3.8, 4) is 5.75 Å². The van der Waals surface area contributed by atoms with Gasteiger partial charge in [0, 0.05) is 5.54 Å². The number of likely N-dealkylation sites (tertiary alicyclic amines) is 1. The van der Waals surface area contributed by atoms with Crippen LogP contribution in [0, 0.1) is 0 Å². The van der Waals surface area contributed by atoms with Crippen LogP contribution < -0.4 is 10.5 Å². The molecule has 0 amide bonds. The molecule has 0 unspecified atom stereocenters. The minimum atomic E-state index is -0.0329. The summed E-state index contributed by atoms with van der Waals surface area (Å²) < 4.78 is 5.85. The third kappa shape index (κ3) is 4.22. The fourth-order valence-corrected chi connectivity index (χ4v) is 2.54. The molecule has 106 valence electrons. The van der Waals surface area contributed by atoms with Gasteiger partial charge in [0.15, 0.2) is 0 Å². The summed E-state index contributed by atoms with van der Waals surface area (Å²) in [5.41, 5.74) is 7.72. The summed E-state index contributed by atoms with van der Waals surface area (Å²) in [5.74, 6) is 0.968. The molecule has 1 aromatic carbocycles. The van der Waals surface area contributed by atoms with E-state index in [1.807, 2.05) is 6.07 Å². The first-order valence-electron chi connectivity index (χ1n) is 7.30. The maximum absolute atomic E-state index is 6.43. The van der Waals surface area contributed by atoms with Gasteiger partial charge in [-0.15, -0.1) is 0 Å². The first-order valence-corrected chi connectivity index (χ1v) is 7.30. The summed E-state index contributed by atoms with van der Waals surface area (Å²) >= 11 is 0. The highest BCUT2D eigenvalue weighted by Crippen LogP contribution is 2.23. The zero-order valence-electron chi connectivity index (χ0n) is 12.2. The van der Waals surface area contributed by atoms with Crippen LogP contribution in [0.2, 0.25) is 0 Å². The number of piperidine rings is 1. The summed E-state index contributed by atoms with van der Waals surface area (Å²) in [6.07, 6.45) is 4.13. The average molecular weight is 262 g/mol. The van der Waals surface area contributed by atoms with Crippen LogP contribution in [-0.2, 0) is 6.42 Å². The zero-order valence-corrected chi connectivity index (χ0v) is 12.2. The zero-order chi connectivity index (χ0) is 13.7. The second-order valence-electron chi connectivity index (χ2n) is 5.77. The van der Waals surface area contributed by atoms with Crippen molar-refractivity contribution in [3.63, 3.8) is 0 Å². The molecule has 1 aromatic rings. The van der Waals surface area contributed by atoms with Crippen molar-refractivity contribution in [1.82, 2.24) is 4.90 Å². The Morgan fingerprint density at radius 2 is 2.05 bits per heavy atom. The van der Waals surface area contributed by atoms with Crippen LogP contribution in [0.5, 0.6) is 5.75 Å². The van der Waals surface area contributed by atoms with Gasteiger partial charge in [0.05, 0.1) is 6.61 Å². The van der Waals surface area contributed by atoms with Crippen LogP contribution in [0.25, 0.3) is 0 Å². The molecule has 3 nitrogen and oxygen atoms in total. The van der Waals surface area contributed by atoms with E-state index < -0.39 is 0 Å². The third-order valence-electron chi connectivity index (χ3n) is 4.16. The number of aryl methyl sites for hydroxylation is 1. The summed E-state index contributed by atoms with van der Waals surface area (Å²) in [6, 6.07) is 8.34. The highest BCUT2D eigenvalue weighted by Gasteiger charge is 2.29. The van der Waals surface area contributed by atoms with Crippen molar-refractivity contribution in [2.75, 3.05) is 26.7 Å². The second kappa shape index (κ2) is 6.40. The van der Waals surface area contributed by atoms with Gasteiger partial charge in [-0.25, -0.2) is 0 Å². The molecule has 2 rings (SSSR count). The Morgan fingerprint density at radius 3 is 2.74 bits per heavy atom. The quantitative estimate of drug-likeness (QED) is 0.886. The van der Waals surface area contributed by atoms with Crippen molar-refractivity contribution in [3.05, 3.63) is 29.8 Å². The molecule has 0 aliphatic carbocycles. The van der Waals surface area contributed by atoms with Crippen LogP contribution >= 0.6 is 0 Å². The summed E-state index contributed by atoms with van der Waals surface area (Å²) in [4.78, 5) is 2.34. The lowest BCUT2D eigenvalue weighted by Crippen LogP contribution is -2.50. The maximum Gasteiger partial charge on any atom is 0.119 e. The molecule has 2 N–H and O–H groups in total. The molecule has 0 saturated carbocycles. The third-order valence-corrected chi connectivity index (χ3v) is 4.16. The van der Waals surface area contributed by atoms with Crippen LogP contribution in [0.3, 0.4) is 0 Å². The number of ether oxygens (including phenoxy) is 1. The number of hydrogen-bond donors (Lipinski definition) is 1. The molecule has 19 heavy (non-hydrogen) atoms. The minimum Gasteiger partial charge on any atom is -0.494 e. The van der Waals surface area contributed by atoms with E-state index in [1.54, 1.807) is 0 Å². The molecule has 0 atom stereocenters. The molecule has 0 aromatic heterocycles. The van der Waals surface area contributed by atoms with E-state index in [4.69, 9.17) is 10.5 Å². The van der Waals surface area contributed by atoms with Gasteiger partial charge >= 0.3 is 0 Å². The lowest BCUT2D eigenvalue weighted by molar-refractivity contribution is 0.159. The van der Waals surface area contributed by atoms with Gasteiger partial charge in [-0.1, -0.05) is 19.1 Å². The predicted molar refractivity (Wildman–Crippen MR) is 79.6 cm³/mol. The summed E-state index contributed by atoms with van der Waals surface area (Å²) in [7, 11) is 2.16. The number of hydrogen-bond acceptors (Lipinski definition) is 3. The molecule has 3 heteroatoms. The first-order chi connectivity index (χ1) is 9.11. The lowest BCUT2D eigenvalue weighted by Gasteiger charge is -2.37. The van der Waals surface area contributed by atoms with Crippen LogP contribution in [-0.4, -0.2) is 37.2 Å². The van der Waals surface area contributed by atoms with Gasteiger partial charge in [0.1, 0.15) is 5.75 Å². The monoisotopic (exact) mass is 262 g/mol. The normalized spacial score (nSPS) is 19.3. The lowest BCUT2D eigenvalue weighted by atomic mass is 9.86. The van der Waals surface area contributed by atoms with E-state index in [0.29, 0.717) is 6.61 Å². The Bertz CT molecular complexity index is 397. The van der Waals surface area contributed by atoms with Crippen molar-refractivity contribution in [2.24, 2.45) is 5.73 Å². The number of nitrogens with two attached hydrogens (primary N) is 1. The average Bonchev–Trinajstić information content (AvgIpc) is 2.43. The standard InChI is InChI=1S/C16H26N2O/c1-3-14-5-4-6-15(13-14)19-12-9-16(17)7-10-18(2)11-8-16/h4-6,13H,3,7-12,17H2,1-2H3. The van der Waals surface area contributed by atoms with Crippen molar-refractivity contribution < 1.29 is 4.74 Å². The van der Waals surface area contributed by atoms with E-state index in [2.05, 4.69) is 37.1 Å². The smallest absolute Gasteiger partial charge is 0.119 e. The van der Waals surface area contributed by atoms with Gasteiger partial charge in [0.25, 0.3) is 0 Å². The van der Waals surface area contributed by atoms with Crippen molar-refractivity contribution in [2.45, 2.75) is 38.1 Å². The Morgan fingerprint density at radius 1 is 1.32 bits per heavy atom. The van der Waals surface area contributed by atoms with E-state index in [-0.39, 0.29) is 5.54 Å². The summed E-state index contributed by atoms with van der Waals surface area (Å²) in [5, 5.41) is 0. The second-order valence-corrected chi connectivity index (χ2v) is 5.77. The Hall–Kier alpha value is -1.06. The fourth-order valence-electron chi connectivity index (χ4n) is 2.54. The molecular weight excluding hydrogens is 236 g/mol. The topological polar surface area (TPSA) is 38.5 Å². The largest absolute Gasteiger partial charge is 0.494 e. The minimum absolute atomic E-state index is 0.0329. The van der Waals surface area contributed by atoms with Gasteiger partial charge in [-0.2, -0.15) is 0 Å². The molecule has 0 spiro atoms. The van der Waals surface area contributed by atoms with Crippen LogP contribution in [0.4, 0.5) is 0 Å². The van der Waals surface area contributed by atoms with E-state index in [1.165, 1.54) is 5.56 Å². The van der Waals surface area contributed by atoms with E-state index >= 15 is 0 Å². The molecule has 1 saturated heterocycles. The number of rotatable bonds is 5. The first kappa shape index (κ1) is 14.4. The van der Waals surface area contributed by atoms with Gasteiger partial charge in [-0.3, -0.25) is 0 Å². The van der Waals surface area contributed by atoms with E-state index in [9.17, 15) is 0 Å². The molecule has 1 heterocycles. The SMILES string of the molecule is CCc1cccc(OCCC2(N)CCN(C)CC2)c1. The van der Waals surface area contributed by atoms with Crippen molar-refractivity contribution in [1.29, 1.82) is 0 Å². The fraction of sp³-hybridized carbons (Fsp3) is 0.625. The molecule has 0 bridgehead atoms. The Kier molecular flexibility index (Phi) is 4.83. The molecule has 0 radical (unpaired) electrons. The van der Waals surface area contributed by atoms with Gasteiger partial charge < -0.3 is 15.4 Å². The van der Waals surface area contributed by atoms with Crippen LogP contribution in [0.15, 0.2) is 24.3 Å². The molecule has 1 aliphatic heterocycles. The number of benzene rings is 1. The van der Waals surface area contributed by atoms with Gasteiger partial charge in [0.2, 0.25) is 0 Å². The maximum atomic E-state index is 6.43. The van der Waals surface area contributed by atoms with Gasteiger partial charge in [-0.05, 0) is 63.5 Å².